The summed E-state index contributed by atoms with van der Waals surface area (Å²) < 4.78 is 11.0. The molecule has 1 aromatic heterocycles. The number of amides is 1. The lowest BCUT2D eigenvalue weighted by Crippen LogP contribution is -2.34. The van der Waals surface area contributed by atoms with Crippen LogP contribution in [0.25, 0.3) is 11.3 Å². The Morgan fingerprint density at radius 1 is 1.24 bits per heavy atom. The molecule has 0 spiro atoms. The van der Waals surface area contributed by atoms with Gasteiger partial charge in [-0.3, -0.25) is 9.89 Å². The maximum Gasteiger partial charge on any atom is 0.247 e. The number of halogens is 2. The highest BCUT2D eigenvalue weighted by Gasteiger charge is 2.39. The summed E-state index contributed by atoms with van der Waals surface area (Å²) in [4.78, 5) is 11.9. The van der Waals surface area contributed by atoms with Gasteiger partial charge in [-0.1, -0.05) is 48.0 Å². The highest BCUT2D eigenvalue weighted by atomic mass is 35.5. The molecule has 0 aliphatic heterocycles. The van der Waals surface area contributed by atoms with Gasteiger partial charge in [0.15, 0.2) is 0 Å². The fourth-order valence-electron chi connectivity index (χ4n) is 4.53. The van der Waals surface area contributed by atoms with Crippen molar-refractivity contribution in [3.8, 4) is 22.8 Å². The molecule has 0 saturated carbocycles. The number of ether oxygens (including phenoxy) is 2. The Balaban J connectivity index is 1.75. The molecule has 3 aromatic rings. The van der Waals surface area contributed by atoms with Crippen molar-refractivity contribution in [3.05, 3.63) is 69.9 Å². The van der Waals surface area contributed by atoms with Gasteiger partial charge in [-0.25, -0.2) is 0 Å². The smallest absolute Gasteiger partial charge is 0.247 e. The first-order valence-electron chi connectivity index (χ1n) is 10.5. The van der Waals surface area contributed by atoms with Gasteiger partial charge in [0.2, 0.25) is 5.91 Å². The molecule has 33 heavy (non-hydrogen) atoms. The normalized spacial score (nSPS) is 17.3. The summed E-state index contributed by atoms with van der Waals surface area (Å²) in [6.45, 7) is 3.53. The monoisotopic (exact) mass is 501 g/mol. The van der Waals surface area contributed by atoms with Crippen LogP contribution in [0.15, 0.2) is 43.0 Å². The maximum atomic E-state index is 11.9. The van der Waals surface area contributed by atoms with E-state index in [0.29, 0.717) is 27.2 Å². The van der Waals surface area contributed by atoms with Gasteiger partial charge in [-0.05, 0) is 42.0 Å². The average molecular weight is 502 g/mol. The fraction of sp³-hybridized carbons (Fsp3) is 0.250. The summed E-state index contributed by atoms with van der Waals surface area (Å²) in [6, 6.07) is 9.35. The van der Waals surface area contributed by atoms with Gasteiger partial charge in [-0.15, -0.1) is 0 Å². The first kappa shape index (κ1) is 23.4. The molecule has 2 N–H and O–H groups in total. The first-order valence-corrected chi connectivity index (χ1v) is 12.3. The third kappa shape index (κ3) is 4.16. The zero-order valence-corrected chi connectivity index (χ0v) is 22.2. The molecule has 0 fully saturated rings. The number of benzene rings is 2. The molecule has 4 rings (SSSR count). The van der Waals surface area contributed by atoms with Crippen LogP contribution < -0.4 is 14.8 Å². The molecule has 172 valence electrons. The summed E-state index contributed by atoms with van der Waals surface area (Å²) in [5.74, 6) is 0.832. The lowest BCUT2D eigenvalue weighted by atomic mass is 9.80. The van der Waals surface area contributed by atoms with E-state index >= 15 is 0 Å². The van der Waals surface area contributed by atoms with E-state index in [4.69, 9.17) is 32.7 Å². The Labute approximate surface area is 205 Å². The Morgan fingerprint density at radius 3 is 2.55 bits per heavy atom. The number of carbonyl (C=O) groups is 1. The molecule has 1 heterocycles. The van der Waals surface area contributed by atoms with Crippen LogP contribution in [0.4, 0.5) is 5.69 Å². The predicted molar refractivity (Wildman–Crippen MR) is 136 cm³/mol. The van der Waals surface area contributed by atoms with Crippen molar-refractivity contribution < 1.29 is 14.3 Å². The highest BCUT2D eigenvalue weighted by molar-refractivity contribution is 6.39. The van der Waals surface area contributed by atoms with E-state index in [9.17, 15) is 4.79 Å². The van der Waals surface area contributed by atoms with Crippen LogP contribution in [0.1, 0.15) is 23.2 Å². The largest absolute Gasteiger partial charge is 0.495 e. The van der Waals surface area contributed by atoms with Crippen LogP contribution >= 0.6 is 23.2 Å². The van der Waals surface area contributed by atoms with Crippen LogP contribution in [0.5, 0.6) is 11.5 Å². The third-order valence-corrected chi connectivity index (χ3v) is 8.35. The van der Waals surface area contributed by atoms with Crippen LogP contribution in [0.3, 0.4) is 0 Å². The lowest BCUT2D eigenvalue weighted by Gasteiger charge is -2.36. The number of anilines is 1. The number of H-pyrrole nitrogens is 1. The number of hydrogen-bond acceptors (Lipinski definition) is 4. The standard InChI is InChI=1S/C24H25Cl2N3O3Si/c1-4-19(30)27-15-8-6-5-7-13(15)23-14-9-10-24(33,12-16(14)28-29-23)20-21(25)17(31-2)11-18(32-3)22(20)26/h4-8,11H,1,9-10,12H2,2-3,33H3,(H,27,30)(H,28,29)/t24-/m0/s1. The molecule has 0 bridgehead atoms. The molecule has 0 radical (unpaired) electrons. The van der Waals surface area contributed by atoms with Gasteiger partial charge in [0, 0.05) is 33.1 Å². The highest BCUT2D eigenvalue weighted by Crippen LogP contribution is 2.49. The molecule has 9 heteroatoms. The molecule has 1 aliphatic rings. The summed E-state index contributed by atoms with van der Waals surface area (Å²) in [5, 5.41) is 11.6. The number of nitrogens with one attached hydrogen (secondary N) is 2. The molecule has 1 atom stereocenters. The first-order chi connectivity index (χ1) is 15.8. The second-order valence-electron chi connectivity index (χ2n) is 8.29. The van der Waals surface area contributed by atoms with Crippen molar-refractivity contribution in [2.24, 2.45) is 0 Å². The summed E-state index contributed by atoms with van der Waals surface area (Å²) in [6.07, 6.45) is 3.62. The average Bonchev–Trinajstić information content (AvgIpc) is 3.22. The van der Waals surface area contributed by atoms with Crippen molar-refractivity contribution in [1.82, 2.24) is 10.2 Å². The van der Waals surface area contributed by atoms with Gasteiger partial charge >= 0.3 is 0 Å². The van der Waals surface area contributed by atoms with E-state index in [1.165, 1.54) is 6.08 Å². The second kappa shape index (κ2) is 9.25. The minimum atomic E-state index is -0.262. The van der Waals surface area contributed by atoms with E-state index in [2.05, 4.69) is 22.1 Å². The lowest BCUT2D eigenvalue weighted by molar-refractivity contribution is -0.111. The van der Waals surface area contributed by atoms with Crippen molar-refractivity contribution in [3.63, 3.8) is 0 Å². The molecule has 0 saturated heterocycles. The van der Waals surface area contributed by atoms with Crippen LogP contribution in [0, 0.1) is 0 Å². The number of rotatable bonds is 6. The molecule has 1 aliphatic carbocycles. The van der Waals surface area contributed by atoms with E-state index < -0.39 is 0 Å². The number of nitrogens with zero attached hydrogens (tertiary/aromatic N) is 1. The summed E-state index contributed by atoms with van der Waals surface area (Å²) in [7, 11) is 3.98. The zero-order chi connectivity index (χ0) is 23.8. The second-order valence-corrected chi connectivity index (χ2v) is 11.0. The number of para-hydroxylation sites is 1. The number of carbonyl (C=O) groups excluding carboxylic acids is 1. The Kier molecular flexibility index (Phi) is 6.56. The van der Waals surface area contributed by atoms with Crippen molar-refractivity contribution >= 4 is 45.0 Å². The Morgan fingerprint density at radius 2 is 1.91 bits per heavy atom. The van der Waals surface area contributed by atoms with E-state index in [1.807, 2.05) is 24.3 Å². The van der Waals surface area contributed by atoms with E-state index in [1.54, 1.807) is 20.3 Å². The number of hydrogen-bond donors (Lipinski definition) is 2. The van der Waals surface area contributed by atoms with Gasteiger partial charge in [0.05, 0.1) is 35.6 Å². The van der Waals surface area contributed by atoms with Crippen molar-refractivity contribution in [2.75, 3.05) is 19.5 Å². The third-order valence-electron chi connectivity index (χ3n) is 6.25. The number of fused-ring (bicyclic) bond motifs is 1. The van der Waals surface area contributed by atoms with Crippen molar-refractivity contribution in [1.29, 1.82) is 0 Å². The van der Waals surface area contributed by atoms with E-state index in [-0.39, 0.29) is 10.9 Å². The molecule has 0 unspecified atom stereocenters. The molecule has 6 nitrogen and oxygen atoms in total. The zero-order valence-electron chi connectivity index (χ0n) is 18.7. The molecule has 2 aromatic carbocycles. The van der Waals surface area contributed by atoms with Crippen LogP contribution in [-0.4, -0.2) is 40.6 Å². The molecular formula is C24H25Cl2N3O3Si. The fourth-order valence-corrected chi connectivity index (χ4v) is 6.91. The maximum absolute atomic E-state index is 11.9. The number of methoxy groups -OCH3 is 2. The van der Waals surface area contributed by atoms with E-state index in [0.717, 1.165) is 57.6 Å². The number of aromatic amines is 1. The number of aromatic nitrogens is 2. The van der Waals surface area contributed by atoms with Gasteiger partial charge in [-0.2, -0.15) is 5.10 Å². The van der Waals surface area contributed by atoms with Gasteiger partial charge in [0.25, 0.3) is 0 Å². The van der Waals surface area contributed by atoms with Crippen LogP contribution in [-0.2, 0) is 22.7 Å². The Bertz CT molecular complexity index is 1220. The quantitative estimate of drug-likeness (QED) is 0.390. The minimum absolute atomic E-state index is 0.219. The summed E-state index contributed by atoms with van der Waals surface area (Å²) >= 11 is 13.5. The Hall–Kier alpha value is -2.74. The molecular weight excluding hydrogens is 477 g/mol. The predicted octanol–water partition coefficient (Wildman–Crippen LogP) is 4.27. The topological polar surface area (TPSA) is 76.2 Å². The van der Waals surface area contributed by atoms with Gasteiger partial charge < -0.3 is 14.8 Å². The molecule has 1 amide bonds. The van der Waals surface area contributed by atoms with Crippen molar-refractivity contribution in [2.45, 2.75) is 24.3 Å². The van der Waals surface area contributed by atoms with Gasteiger partial charge in [0.1, 0.15) is 11.5 Å². The summed E-state index contributed by atoms with van der Waals surface area (Å²) in [5.41, 5.74) is 5.46. The SMILES string of the molecule is C=CC(=O)Nc1ccccc1-c1n[nH]c2c1CC[C@@]([SiH3])(c1c(Cl)c(OC)cc(OC)c1Cl)C2. The minimum Gasteiger partial charge on any atom is -0.495 e. The van der Waals surface area contributed by atoms with Crippen LogP contribution in [0.2, 0.25) is 10.0 Å².